The van der Waals surface area contributed by atoms with Crippen LogP contribution in [0.2, 0.25) is 0 Å². The summed E-state index contributed by atoms with van der Waals surface area (Å²) in [4.78, 5) is 31.5. The van der Waals surface area contributed by atoms with Gasteiger partial charge in [-0.15, -0.1) is 0 Å². The van der Waals surface area contributed by atoms with Gasteiger partial charge < -0.3 is 14.4 Å². The van der Waals surface area contributed by atoms with Crippen molar-refractivity contribution >= 4 is 11.6 Å². The van der Waals surface area contributed by atoms with Crippen molar-refractivity contribution in [1.29, 1.82) is 0 Å². The van der Waals surface area contributed by atoms with Crippen LogP contribution in [0, 0.1) is 13.8 Å². The van der Waals surface area contributed by atoms with E-state index < -0.39 is 0 Å². The standard InChI is InChI=1S/C23H28N4O4/c1-15-19(16(2)27-21(24-15)12-22(28)25-27)11-23(29)26(14-18-8-6-10-31-18)13-17-7-4-5-9-20(17)30-3/h4-5,7,9,12,18H,6,8,10-11,13-14H2,1-3H3,(H,25,28). The molecule has 1 aliphatic rings. The van der Waals surface area contributed by atoms with E-state index >= 15 is 0 Å². The highest BCUT2D eigenvalue weighted by Gasteiger charge is 2.25. The van der Waals surface area contributed by atoms with Crippen LogP contribution in [0.25, 0.3) is 5.65 Å². The van der Waals surface area contributed by atoms with Crippen molar-refractivity contribution in [2.75, 3.05) is 20.3 Å². The number of methoxy groups -OCH3 is 1. The number of rotatable bonds is 7. The average molecular weight is 425 g/mol. The zero-order valence-corrected chi connectivity index (χ0v) is 18.2. The maximum absolute atomic E-state index is 13.5. The molecule has 0 saturated carbocycles. The summed E-state index contributed by atoms with van der Waals surface area (Å²) < 4.78 is 12.9. The summed E-state index contributed by atoms with van der Waals surface area (Å²) in [5.74, 6) is 0.747. The molecule has 2 aromatic heterocycles. The predicted molar refractivity (Wildman–Crippen MR) is 116 cm³/mol. The Bertz CT molecular complexity index is 1140. The van der Waals surface area contributed by atoms with Crippen LogP contribution in [0.3, 0.4) is 0 Å². The second-order valence-corrected chi connectivity index (χ2v) is 7.97. The number of fused-ring (bicyclic) bond motifs is 1. The molecule has 1 aromatic carbocycles. The molecule has 8 nitrogen and oxygen atoms in total. The van der Waals surface area contributed by atoms with E-state index in [4.69, 9.17) is 9.47 Å². The van der Waals surface area contributed by atoms with Crippen molar-refractivity contribution < 1.29 is 14.3 Å². The van der Waals surface area contributed by atoms with Gasteiger partial charge in [-0.25, -0.2) is 9.50 Å². The molecule has 1 atom stereocenters. The molecule has 31 heavy (non-hydrogen) atoms. The maximum Gasteiger partial charge on any atom is 0.266 e. The summed E-state index contributed by atoms with van der Waals surface area (Å²) in [7, 11) is 1.64. The number of carbonyl (C=O) groups is 1. The first-order valence-corrected chi connectivity index (χ1v) is 10.6. The number of benzene rings is 1. The van der Waals surface area contributed by atoms with Crippen molar-refractivity contribution in [3.63, 3.8) is 0 Å². The first kappa shape index (κ1) is 21.1. The molecule has 0 spiro atoms. The van der Waals surface area contributed by atoms with Crippen molar-refractivity contribution in [2.24, 2.45) is 0 Å². The summed E-state index contributed by atoms with van der Waals surface area (Å²) in [6.07, 6.45) is 2.21. The van der Waals surface area contributed by atoms with E-state index in [1.807, 2.05) is 43.0 Å². The maximum atomic E-state index is 13.5. The van der Waals surface area contributed by atoms with Crippen LogP contribution in [0.5, 0.6) is 5.75 Å². The largest absolute Gasteiger partial charge is 0.496 e. The number of hydrogen-bond acceptors (Lipinski definition) is 5. The molecular weight excluding hydrogens is 396 g/mol. The van der Waals surface area contributed by atoms with Gasteiger partial charge in [0.05, 0.1) is 19.6 Å². The van der Waals surface area contributed by atoms with Gasteiger partial charge in [0.2, 0.25) is 5.91 Å². The molecule has 4 rings (SSSR count). The van der Waals surface area contributed by atoms with Gasteiger partial charge >= 0.3 is 0 Å². The topological polar surface area (TPSA) is 88.9 Å². The van der Waals surface area contributed by atoms with Crippen molar-refractivity contribution in [3.8, 4) is 5.75 Å². The number of carbonyl (C=O) groups excluding carboxylic acids is 1. The Kier molecular flexibility index (Phi) is 6.08. The third kappa shape index (κ3) is 4.49. The minimum absolute atomic E-state index is 0.0109. The number of aromatic nitrogens is 3. The van der Waals surface area contributed by atoms with Gasteiger partial charge in [-0.2, -0.15) is 0 Å². The first-order valence-electron chi connectivity index (χ1n) is 10.6. The number of aryl methyl sites for hydroxylation is 2. The van der Waals surface area contributed by atoms with Gasteiger partial charge in [0.15, 0.2) is 5.65 Å². The van der Waals surface area contributed by atoms with Crippen LogP contribution < -0.4 is 10.3 Å². The van der Waals surface area contributed by atoms with Crippen LogP contribution in [-0.2, 0) is 22.5 Å². The number of amides is 1. The monoisotopic (exact) mass is 424 g/mol. The Hall–Kier alpha value is -3.13. The van der Waals surface area contributed by atoms with Gasteiger partial charge in [-0.1, -0.05) is 18.2 Å². The fourth-order valence-corrected chi connectivity index (χ4v) is 4.20. The van der Waals surface area contributed by atoms with Crippen LogP contribution in [-0.4, -0.2) is 51.8 Å². The molecule has 1 fully saturated rings. The Morgan fingerprint density at radius 2 is 2.16 bits per heavy atom. The molecular formula is C23H28N4O4. The van der Waals surface area contributed by atoms with Gasteiger partial charge in [0, 0.05) is 48.3 Å². The van der Waals surface area contributed by atoms with Crippen LogP contribution >= 0.6 is 0 Å². The lowest BCUT2D eigenvalue weighted by molar-refractivity contribution is -0.132. The molecule has 1 amide bonds. The van der Waals surface area contributed by atoms with Crippen molar-refractivity contribution in [3.05, 3.63) is 63.2 Å². The van der Waals surface area contributed by atoms with Gasteiger partial charge in [-0.05, 0) is 32.8 Å². The smallest absolute Gasteiger partial charge is 0.266 e. The lowest BCUT2D eigenvalue weighted by Gasteiger charge is -2.27. The Labute approximate surface area is 180 Å². The van der Waals surface area contributed by atoms with Crippen LogP contribution in [0.1, 0.15) is 35.4 Å². The number of H-pyrrole nitrogens is 1. The molecule has 3 aromatic rings. The van der Waals surface area contributed by atoms with Crippen molar-refractivity contribution in [1.82, 2.24) is 19.5 Å². The quantitative estimate of drug-likeness (QED) is 0.629. The molecule has 1 unspecified atom stereocenters. The lowest BCUT2D eigenvalue weighted by atomic mass is 10.1. The number of para-hydroxylation sites is 1. The van der Waals surface area contributed by atoms with Gasteiger partial charge in [0.1, 0.15) is 5.75 Å². The molecule has 1 N–H and O–H groups in total. The minimum Gasteiger partial charge on any atom is -0.496 e. The Balaban J connectivity index is 1.62. The highest BCUT2D eigenvalue weighted by molar-refractivity contribution is 5.79. The van der Waals surface area contributed by atoms with E-state index in [1.54, 1.807) is 11.6 Å². The highest BCUT2D eigenvalue weighted by Crippen LogP contribution is 2.23. The van der Waals surface area contributed by atoms with Gasteiger partial charge in [0.25, 0.3) is 5.56 Å². The van der Waals surface area contributed by atoms with Crippen LogP contribution in [0.15, 0.2) is 35.1 Å². The summed E-state index contributed by atoms with van der Waals surface area (Å²) >= 11 is 0. The number of aromatic amines is 1. The third-order valence-electron chi connectivity index (χ3n) is 5.88. The van der Waals surface area contributed by atoms with E-state index in [0.29, 0.717) is 18.7 Å². The fourth-order valence-electron chi connectivity index (χ4n) is 4.20. The molecule has 1 saturated heterocycles. The fraction of sp³-hybridized carbons (Fsp3) is 0.435. The van der Waals surface area contributed by atoms with E-state index in [1.165, 1.54) is 6.07 Å². The third-order valence-corrected chi connectivity index (χ3v) is 5.88. The second kappa shape index (κ2) is 8.93. The molecule has 0 bridgehead atoms. The number of ether oxygens (including phenoxy) is 2. The van der Waals surface area contributed by atoms with E-state index in [9.17, 15) is 9.59 Å². The zero-order valence-electron chi connectivity index (χ0n) is 18.2. The van der Waals surface area contributed by atoms with E-state index in [2.05, 4.69) is 10.1 Å². The highest BCUT2D eigenvalue weighted by atomic mass is 16.5. The van der Waals surface area contributed by atoms with E-state index in [-0.39, 0.29) is 24.0 Å². The Morgan fingerprint density at radius 3 is 2.90 bits per heavy atom. The lowest BCUT2D eigenvalue weighted by Crippen LogP contribution is -2.38. The number of nitrogens with one attached hydrogen (secondary N) is 1. The molecule has 0 radical (unpaired) electrons. The normalized spacial score (nSPS) is 16.0. The SMILES string of the molecule is COc1ccccc1CN(CC1CCCO1)C(=O)Cc1c(C)nc2cc(=O)[nH]n2c1C. The Morgan fingerprint density at radius 1 is 1.35 bits per heavy atom. The zero-order chi connectivity index (χ0) is 22.0. The molecule has 3 heterocycles. The predicted octanol–water partition coefficient (Wildman–Crippen LogP) is 2.40. The molecule has 8 heteroatoms. The number of hydrogen-bond donors (Lipinski definition) is 1. The average Bonchev–Trinajstić information content (AvgIpc) is 3.40. The summed E-state index contributed by atoms with van der Waals surface area (Å²) in [6, 6.07) is 9.19. The van der Waals surface area contributed by atoms with Crippen LogP contribution in [0.4, 0.5) is 0 Å². The summed E-state index contributed by atoms with van der Waals surface area (Å²) in [6.45, 7) is 5.48. The second-order valence-electron chi connectivity index (χ2n) is 7.97. The van der Waals surface area contributed by atoms with Gasteiger partial charge in [-0.3, -0.25) is 14.7 Å². The molecule has 0 aliphatic carbocycles. The molecule has 164 valence electrons. The van der Waals surface area contributed by atoms with E-state index in [0.717, 1.165) is 47.7 Å². The summed E-state index contributed by atoms with van der Waals surface area (Å²) in [5, 5.41) is 2.75. The first-order chi connectivity index (χ1) is 15.0. The molecule has 1 aliphatic heterocycles. The summed E-state index contributed by atoms with van der Waals surface area (Å²) in [5.41, 5.74) is 3.68. The minimum atomic E-state index is -0.213. The van der Waals surface area contributed by atoms with Crippen molar-refractivity contribution in [2.45, 2.75) is 45.8 Å². The number of nitrogens with zero attached hydrogens (tertiary/aromatic N) is 3.